The first-order chi connectivity index (χ1) is 8.79. The van der Waals surface area contributed by atoms with Crippen molar-refractivity contribution in [3.8, 4) is 6.07 Å². The maximum absolute atomic E-state index is 8.94. The molecular weight excluding hydrogens is 224 g/mol. The number of nitrogens with zero attached hydrogens (tertiary/aromatic N) is 3. The minimum absolute atomic E-state index is 0.293. The first-order valence-corrected chi connectivity index (χ1v) is 6.51. The van der Waals surface area contributed by atoms with Gasteiger partial charge in [0.25, 0.3) is 0 Å². The molecule has 1 N–H and O–H groups in total. The minimum Gasteiger partial charge on any atom is -0.315 e. The topological polar surface area (TPSA) is 52.0 Å². The number of hydrogen-bond acceptors (Lipinski definition) is 4. The van der Waals surface area contributed by atoms with Crippen molar-refractivity contribution in [2.45, 2.75) is 25.9 Å². The Balaban J connectivity index is 2.07. The summed E-state index contributed by atoms with van der Waals surface area (Å²) >= 11 is 0. The van der Waals surface area contributed by atoms with Crippen molar-refractivity contribution < 1.29 is 0 Å². The SMILES string of the molecule is CC1CNCC(CC#N)N(Cc2ccccn2)C1. The average molecular weight is 244 g/mol. The Morgan fingerprint density at radius 2 is 2.39 bits per heavy atom. The van der Waals surface area contributed by atoms with Gasteiger partial charge in [-0.05, 0) is 24.6 Å². The molecule has 4 nitrogen and oxygen atoms in total. The fraction of sp³-hybridized carbons (Fsp3) is 0.571. The highest BCUT2D eigenvalue weighted by Crippen LogP contribution is 2.14. The predicted molar refractivity (Wildman–Crippen MR) is 70.7 cm³/mol. The van der Waals surface area contributed by atoms with Gasteiger partial charge in [-0.3, -0.25) is 9.88 Å². The maximum atomic E-state index is 8.94. The van der Waals surface area contributed by atoms with E-state index in [0.717, 1.165) is 31.9 Å². The lowest BCUT2D eigenvalue weighted by atomic mass is 10.1. The summed E-state index contributed by atoms with van der Waals surface area (Å²) in [5.41, 5.74) is 1.08. The Labute approximate surface area is 109 Å². The van der Waals surface area contributed by atoms with E-state index in [0.29, 0.717) is 18.4 Å². The van der Waals surface area contributed by atoms with E-state index in [1.165, 1.54) is 0 Å². The van der Waals surface area contributed by atoms with E-state index in [2.05, 4.69) is 28.2 Å². The van der Waals surface area contributed by atoms with Crippen LogP contribution in [0.5, 0.6) is 0 Å². The molecule has 2 rings (SSSR count). The maximum Gasteiger partial charge on any atom is 0.0638 e. The van der Waals surface area contributed by atoms with Crippen LogP contribution in [0.3, 0.4) is 0 Å². The average Bonchev–Trinajstić information content (AvgIpc) is 2.54. The number of nitrogens with one attached hydrogen (secondary N) is 1. The summed E-state index contributed by atoms with van der Waals surface area (Å²) in [7, 11) is 0. The fourth-order valence-electron chi connectivity index (χ4n) is 2.44. The number of aromatic nitrogens is 1. The van der Waals surface area contributed by atoms with E-state index in [4.69, 9.17) is 5.26 Å². The monoisotopic (exact) mass is 244 g/mol. The van der Waals surface area contributed by atoms with Gasteiger partial charge < -0.3 is 5.32 Å². The molecule has 96 valence electrons. The Morgan fingerprint density at radius 3 is 3.11 bits per heavy atom. The van der Waals surface area contributed by atoms with Gasteiger partial charge in [0, 0.05) is 31.9 Å². The summed E-state index contributed by atoms with van der Waals surface area (Å²) in [6.07, 6.45) is 2.40. The van der Waals surface area contributed by atoms with Gasteiger partial charge in [-0.25, -0.2) is 0 Å². The lowest BCUT2D eigenvalue weighted by Crippen LogP contribution is -2.39. The Hall–Kier alpha value is -1.44. The molecule has 0 amide bonds. The van der Waals surface area contributed by atoms with Crippen LogP contribution in [0.2, 0.25) is 0 Å². The molecule has 2 unspecified atom stereocenters. The molecule has 0 bridgehead atoms. The molecule has 1 aromatic rings. The van der Waals surface area contributed by atoms with Crippen LogP contribution < -0.4 is 5.32 Å². The van der Waals surface area contributed by atoms with E-state index in [1.807, 2.05) is 24.4 Å². The third kappa shape index (κ3) is 3.52. The molecule has 1 aliphatic rings. The summed E-state index contributed by atoms with van der Waals surface area (Å²) in [4.78, 5) is 6.76. The van der Waals surface area contributed by atoms with Crippen molar-refractivity contribution in [1.29, 1.82) is 5.26 Å². The van der Waals surface area contributed by atoms with Gasteiger partial charge in [-0.1, -0.05) is 13.0 Å². The first kappa shape index (κ1) is 13.0. The zero-order valence-electron chi connectivity index (χ0n) is 10.8. The second kappa shape index (κ2) is 6.48. The van der Waals surface area contributed by atoms with Crippen LogP contribution in [0.15, 0.2) is 24.4 Å². The molecule has 1 fully saturated rings. The summed E-state index contributed by atoms with van der Waals surface area (Å²) in [5, 5.41) is 12.4. The molecule has 2 heterocycles. The smallest absolute Gasteiger partial charge is 0.0638 e. The first-order valence-electron chi connectivity index (χ1n) is 6.51. The van der Waals surface area contributed by atoms with E-state index in [-0.39, 0.29) is 0 Å². The van der Waals surface area contributed by atoms with E-state index in [9.17, 15) is 0 Å². The van der Waals surface area contributed by atoms with Crippen LogP contribution in [0.1, 0.15) is 19.0 Å². The molecule has 0 radical (unpaired) electrons. The highest BCUT2D eigenvalue weighted by atomic mass is 15.2. The van der Waals surface area contributed by atoms with Crippen molar-refractivity contribution >= 4 is 0 Å². The molecule has 0 saturated carbocycles. The second-order valence-electron chi connectivity index (χ2n) is 5.03. The number of pyridine rings is 1. The molecule has 1 aliphatic heterocycles. The van der Waals surface area contributed by atoms with Crippen LogP contribution in [0, 0.1) is 17.2 Å². The van der Waals surface area contributed by atoms with Crippen molar-refractivity contribution in [3.05, 3.63) is 30.1 Å². The van der Waals surface area contributed by atoms with Crippen molar-refractivity contribution in [2.75, 3.05) is 19.6 Å². The van der Waals surface area contributed by atoms with Crippen molar-refractivity contribution in [3.63, 3.8) is 0 Å². The van der Waals surface area contributed by atoms with Gasteiger partial charge in [0.2, 0.25) is 0 Å². The normalized spacial score (nSPS) is 25.3. The quantitative estimate of drug-likeness (QED) is 0.873. The molecule has 4 heteroatoms. The van der Waals surface area contributed by atoms with Crippen LogP contribution >= 0.6 is 0 Å². The third-order valence-electron chi connectivity index (χ3n) is 3.35. The lowest BCUT2D eigenvalue weighted by Gasteiger charge is -2.28. The summed E-state index contributed by atoms with van der Waals surface area (Å²) in [6.45, 7) is 6.02. The molecule has 0 aliphatic carbocycles. The van der Waals surface area contributed by atoms with E-state index in [1.54, 1.807) is 0 Å². The number of hydrogen-bond donors (Lipinski definition) is 1. The van der Waals surface area contributed by atoms with Crippen LogP contribution in [-0.2, 0) is 6.54 Å². The highest BCUT2D eigenvalue weighted by molar-refractivity contribution is 5.04. The molecular formula is C14H20N4. The largest absolute Gasteiger partial charge is 0.315 e. The van der Waals surface area contributed by atoms with Gasteiger partial charge in [0.05, 0.1) is 18.2 Å². The summed E-state index contributed by atoms with van der Waals surface area (Å²) in [6, 6.07) is 8.58. The van der Waals surface area contributed by atoms with Crippen LogP contribution in [0.4, 0.5) is 0 Å². The zero-order chi connectivity index (χ0) is 12.8. The molecule has 18 heavy (non-hydrogen) atoms. The predicted octanol–water partition coefficient (Wildman–Crippen LogP) is 1.41. The standard InChI is InChI=1S/C14H20N4/c1-12-8-16-9-14(5-6-15)18(10-12)11-13-4-2-3-7-17-13/h2-4,7,12,14,16H,5,8-11H2,1H3. The molecule has 1 saturated heterocycles. The summed E-state index contributed by atoms with van der Waals surface area (Å²) in [5.74, 6) is 0.609. The molecule has 0 aromatic carbocycles. The third-order valence-corrected chi connectivity index (χ3v) is 3.35. The fourth-order valence-corrected chi connectivity index (χ4v) is 2.44. The van der Waals surface area contributed by atoms with Crippen molar-refractivity contribution in [1.82, 2.24) is 15.2 Å². The lowest BCUT2D eigenvalue weighted by molar-refractivity contribution is 0.183. The van der Waals surface area contributed by atoms with Gasteiger partial charge in [-0.2, -0.15) is 5.26 Å². The van der Waals surface area contributed by atoms with E-state index < -0.39 is 0 Å². The Kier molecular flexibility index (Phi) is 4.68. The van der Waals surface area contributed by atoms with Crippen molar-refractivity contribution in [2.24, 2.45) is 5.92 Å². The van der Waals surface area contributed by atoms with Crippen LogP contribution in [-0.4, -0.2) is 35.6 Å². The van der Waals surface area contributed by atoms with Gasteiger partial charge in [0.1, 0.15) is 0 Å². The van der Waals surface area contributed by atoms with Crippen LogP contribution in [0.25, 0.3) is 0 Å². The van der Waals surface area contributed by atoms with Gasteiger partial charge in [0.15, 0.2) is 0 Å². The van der Waals surface area contributed by atoms with E-state index >= 15 is 0 Å². The second-order valence-corrected chi connectivity index (χ2v) is 5.03. The minimum atomic E-state index is 0.293. The number of rotatable bonds is 3. The zero-order valence-corrected chi connectivity index (χ0v) is 10.8. The van der Waals surface area contributed by atoms with Gasteiger partial charge in [-0.15, -0.1) is 0 Å². The molecule has 0 spiro atoms. The number of nitriles is 1. The molecule has 1 aromatic heterocycles. The molecule has 2 atom stereocenters. The Morgan fingerprint density at radius 1 is 1.50 bits per heavy atom. The highest BCUT2D eigenvalue weighted by Gasteiger charge is 2.23. The summed E-state index contributed by atoms with van der Waals surface area (Å²) < 4.78 is 0. The van der Waals surface area contributed by atoms with Gasteiger partial charge >= 0.3 is 0 Å². The Bertz CT molecular complexity index is 398.